The number of aromatic nitrogens is 1. The predicted molar refractivity (Wildman–Crippen MR) is 66.9 cm³/mol. The molecule has 0 spiro atoms. The van der Waals surface area contributed by atoms with Crippen LogP contribution in [0.25, 0.3) is 10.6 Å². The van der Waals surface area contributed by atoms with Crippen molar-refractivity contribution in [2.75, 3.05) is 13.7 Å². The van der Waals surface area contributed by atoms with Crippen LogP contribution in [0.15, 0.2) is 30.5 Å². The van der Waals surface area contributed by atoms with Crippen molar-refractivity contribution in [1.29, 1.82) is 0 Å². The van der Waals surface area contributed by atoms with Crippen LogP contribution in [-0.4, -0.2) is 18.6 Å². The maximum atomic E-state index is 5.51. The molecule has 1 aromatic carbocycles. The van der Waals surface area contributed by atoms with E-state index >= 15 is 0 Å². The van der Waals surface area contributed by atoms with Crippen LogP contribution < -0.4 is 10.5 Å². The quantitative estimate of drug-likeness (QED) is 0.883. The maximum Gasteiger partial charge on any atom is 0.123 e. The minimum Gasteiger partial charge on any atom is -0.497 e. The Bertz CT molecular complexity index is 450. The van der Waals surface area contributed by atoms with Gasteiger partial charge in [0.05, 0.1) is 7.11 Å². The molecule has 1 aromatic heterocycles. The summed E-state index contributed by atoms with van der Waals surface area (Å²) in [6.45, 7) is 0.671. The first kappa shape index (κ1) is 11.1. The van der Waals surface area contributed by atoms with E-state index < -0.39 is 0 Å². The number of nitrogens with two attached hydrogens (primary N) is 1. The first-order valence-electron chi connectivity index (χ1n) is 5.12. The van der Waals surface area contributed by atoms with Crippen LogP contribution in [0.2, 0.25) is 0 Å². The Morgan fingerprint density at radius 1 is 1.31 bits per heavy atom. The van der Waals surface area contributed by atoms with Gasteiger partial charge in [-0.2, -0.15) is 0 Å². The number of hydrogen-bond donors (Lipinski definition) is 1. The summed E-state index contributed by atoms with van der Waals surface area (Å²) in [4.78, 5) is 5.61. The summed E-state index contributed by atoms with van der Waals surface area (Å²) in [5.74, 6) is 0.863. The van der Waals surface area contributed by atoms with Crippen LogP contribution in [0, 0.1) is 0 Å². The standard InChI is InChI=1S/C12H14N2OS/c1-15-10-4-2-9(3-5-10)12-14-8-11(16-12)6-7-13/h2-5,8H,6-7,13H2,1H3. The van der Waals surface area contributed by atoms with Crippen molar-refractivity contribution in [2.45, 2.75) is 6.42 Å². The van der Waals surface area contributed by atoms with Gasteiger partial charge in [-0.3, -0.25) is 0 Å². The molecule has 2 rings (SSSR count). The summed E-state index contributed by atoms with van der Waals surface area (Å²) in [6, 6.07) is 7.92. The number of thiazole rings is 1. The molecule has 0 amide bonds. The molecule has 0 saturated heterocycles. The fourth-order valence-corrected chi connectivity index (χ4v) is 2.37. The van der Waals surface area contributed by atoms with Crippen LogP contribution in [0.4, 0.5) is 0 Å². The van der Waals surface area contributed by atoms with Gasteiger partial charge >= 0.3 is 0 Å². The molecule has 4 heteroatoms. The Hall–Kier alpha value is -1.39. The monoisotopic (exact) mass is 234 g/mol. The van der Waals surface area contributed by atoms with Gasteiger partial charge in [-0.05, 0) is 37.2 Å². The van der Waals surface area contributed by atoms with E-state index in [9.17, 15) is 0 Å². The highest BCUT2D eigenvalue weighted by Crippen LogP contribution is 2.26. The molecule has 0 aliphatic heterocycles. The molecular formula is C12H14N2OS. The van der Waals surface area contributed by atoms with Crippen molar-refractivity contribution in [1.82, 2.24) is 4.98 Å². The fourth-order valence-electron chi connectivity index (χ4n) is 1.43. The zero-order valence-corrected chi connectivity index (χ0v) is 9.96. The Balaban J connectivity index is 2.21. The molecule has 0 atom stereocenters. The number of methoxy groups -OCH3 is 1. The van der Waals surface area contributed by atoms with E-state index in [0.29, 0.717) is 6.54 Å². The second-order valence-corrected chi connectivity index (χ2v) is 4.51. The highest BCUT2D eigenvalue weighted by molar-refractivity contribution is 7.15. The van der Waals surface area contributed by atoms with Crippen molar-refractivity contribution in [3.63, 3.8) is 0 Å². The van der Waals surface area contributed by atoms with Gasteiger partial charge < -0.3 is 10.5 Å². The largest absolute Gasteiger partial charge is 0.497 e. The molecule has 16 heavy (non-hydrogen) atoms. The SMILES string of the molecule is COc1ccc(-c2ncc(CCN)s2)cc1. The molecule has 1 heterocycles. The van der Waals surface area contributed by atoms with E-state index in [0.717, 1.165) is 22.7 Å². The Labute approximate surface area is 98.9 Å². The molecule has 2 aromatic rings. The van der Waals surface area contributed by atoms with Crippen molar-refractivity contribution in [2.24, 2.45) is 5.73 Å². The van der Waals surface area contributed by atoms with Gasteiger partial charge in [-0.15, -0.1) is 11.3 Å². The summed E-state index contributed by atoms with van der Waals surface area (Å²) in [5, 5.41) is 1.03. The van der Waals surface area contributed by atoms with Gasteiger partial charge in [0.1, 0.15) is 10.8 Å². The van der Waals surface area contributed by atoms with Crippen molar-refractivity contribution in [3.05, 3.63) is 35.3 Å². The Morgan fingerprint density at radius 3 is 2.69 bits per heavy atom. The van der Waals surface area contributed by atoms with Crippen molar-refractivity contribution >= 4 is 11.3 Å². The summed E-state index contributed by atoms with van der Waals surface area (Å²) >= 11 is 1.69. The summed E-state index contributed by atoms with van der Waals surface area (Å²) in [6.07, 6.45) is 2.80. The highest BCUT2D eigenvalue weighted by atomic mass is 32.1. The Kier molecular flexibility index (Phi) is 3.54. The van der Waals surface area contributed by atoms with Gasteiger partial charge in [-0.1, -0.05) is 0 Å². The topological polar surface area (TPSA) is 48.1 Å². The van der Waals surface area contributed by atoms with Crippen molar-refractivity contribution < 1.29 is 4.74 Å². The molecule has 0 radical (unpaired) electrons. The molecule has 0 aliphatic rings. The third kappa shape index (κ3) is 2.40. The van der Waals surface area contributed by atoms with E-state index in [-0.39, 0.29) is 0 Å². The van der Waals surface area contributed by atoms with Crippen LogP contribution in [0.1, 0.15) is 4.88 Å². The second-order valence-electron chi connectivity index (χ2n) is 3.40. The molecule has 3 nitrogen and oxygen atoms in total. The zero-order valence-electron chi connectivity index (χ0n) is 9.14. The third-order valence-electron chi connectivity index (χ3n) is 2.28. The number of hydrogen-bond acceptors (Lipinski definition) is 4. The lowest BCUT2D eigenvalue weighted by atomic mass is 10.2. The van der Waals surface area contributed by atoms with Gasteiger partial charge in [0.2, 0.25) is 0 Å². The van der Waals surface area contributed by atoms with Crippen LogP contribution in [0.3, 0.4) is 0 Å². The number of benzene rings is 1. The molecule has 0 unspecified atom stereocenters. The van der Waals surface area contributed by atoms with E-state index in [4.69, 9.17) is 10.5 Å². The minimum atomic E-state index is 0.671. The second kappa shape index (κ2) is 5.09. The molecule has 0 bridgehead atoms. The minimum absolute atomic E-state index is 0.671. The van der Waals surface area contributed by atoms with Crippen LogP contribution in [0.5, 0.6) is 5.75 Å². The highest BCUT2D eigenvalue weighted by Gasteiger charge is 2.04. The van der Waals surface area contributed by atoms with Crippen molar-refractivity contribution in [3.8, 4) is 16.3 Å². The molecule has 0 saturated carbocycles. The average Bonchev–Trinajstić information content (AvgIpc) is 2.78. The van der Waals surface area contributed by atoms with Gasteiger partial charge in [-0.25, -0.2) is 4.98 Å². The normalized spacial score (nSPS) is 10.4. The van der Waals surface area contributed by atoms with E-state index in [1.165, 1.54) is 4.88 Å². The van der Waals surface area contributed by atoms with Crippen LogP contribution >= 0.6 is 11.3 Å². The van der Waals surface area contributed by atoms with E-state index in [1.54, 1.807) is 18.4 Å². The predicted octanol–water partition coefficient (Wildman–Crippen LogP) is 2.32. The number of nitrogens with zero attached hydrogens (tertiary/aromatic N) is 1. The maximum absolute atomic E-state index is 5.51. The zero-order chi connectivity index (χ0) is 11.4. The molecule has 84 valence electrons. The third-order valence-corrected chi connectivity index (χ3v) is 3.39. The molecule has 2 N–H and O–H groups in total. The first-order valence-corrected chi connectivity index (χ1v) is 5.94. The molecule has 0 fully saturated rings. The molecular weight excluding hydrogens is 220 g/mol. The number of rotatable bonds is 4. The van der Waals surface area contributed by atoms with Crippen LogP contribution in [-0.2, 0) is 6.42 Å². The van der Waals surface area contributed by atoms with E-state index in [2.05, 4.69) is 4.98 Å². The summed E-state index contributed by atoms with van der Waals surface area (Å²) in [5.41, 5.74) is 6.63. The summed E-state index contributed by atoms with van der Waals surface area (Å²) < 4.78 is 5.12. The van der Waals surface area contributed by atoms with Gasteiger partial charge in [0.15, 0.2) is 0 Å². The average molecular weight is 234 g/mol. The lowest BCUT2D eigenvalue weighted by Crippen LogP contribution is -2.00. The van der Waals surface area contributed by atoms with Gasteiger partial charge in [0, 0.05) is 16.6 Å². The summed E-state index contributed by atoms with van der Waals surface area (Å²) in [7, 11) is 1.66. The smallest absolute Gasteiger partial charge is 0.123 e. The first-order chi connectivity index (χ1) is 7.83. The molecule has 0 aliphatic carbocycles. The van der Waals surface area contributed by atoms with E-state index in [1.807, 2.05) is 30.5 Å². The lowest BCUT2D eigenvalue weighted by Gasteiger charge is -1.99. The fraction of sp³-hybridized carbons (Fsp3) is 0.250. The number of ether oxygens (including phenoxy) is 1. The lowest BCUT2D eigenvalue weighted by molar-refractivity contribution is 0.415. The Morgan fingerprint density at radius 2 is 2.06 bits per heavy atom. The van der Waals surface area contributed by atoms with Gasteiger partial charge in [0.25, 0.3) is 0 Å².